The topological polar surface area (TPSA) is 112 Å². The Labute approximate surface area is 115 Å². The van der Waals surface area contributed by atoms with E-state index in [4.69, 9.17) is 5.11 Å². The van der Waals surface area contributed by atoms with Crippen LogP contribution in [0.2, 0.25) is 0 Å². The van der Waals surface area contributed by atoms with Crippen LogP contribution in [-0.2, 0) is 21.2 Å². The summed E-state index contributed by atoms with van der Waals surface area (Å²) in [6.45, 7) is 0. The molecule has 0 amide bonds. The zero-order valence-corrected chi connectivity index (χ0v) is 11.2. The first-order chi connectivity index (χ1) is 9.49. The van der Waals surface area contributed by atoms with Gasteiger partial charge in [-0.25, -0.2) is 13.4 Å². The molecule has 0 saturated heterocycles. The normalized spacial score (nSPS) is 13.0. The van der Waals surface area contributed by atoms with Crippen LogP contribution in [0.25, 0.3) is 0 Å². The molecule has 0 spiro atoms. The molecule has 106 valence electrons. The Morgan fingerprint density at radius 3 is 2.60 bits per heavy atom. The number of imidazole rings is 1. The lowest BCUT2D eigenvalue weighted by molar-refractivity contribution is -0.138. The van der Waals surface area contributed by atoms with Crippen molar-refractivity contribution in [2.45, 2.75) is 17.4 Å². The predicted octanol–water partition coefficient (Wildman–Crippen LogP) is 0.384. The molecular formula is C12H13N3O4S. The number of hydrogen-bond acceptors (Lipinski definition) is 4. The maximum Gasteiger partial charge on any atom is 0.322 e. The van der Waals surface area contributed by atoms with Gasteiger partial charge in [0.15, 0.2) is 0 Å². The number of carboxylic acids is 1. The molecule has 0 aliphatic heterocycles. The summed E-state index contributed by atoms with van der Waals surface area (Å²) in [6.07, 6.45) is 2.84. The molecule has 0 saturated carbocycles. The fourth-order valence-electron chi connectivity index (χ4n) is 1.65. The first-order valence-electron chi connectivity index (χ1n) is 5.76. The molecule has 2 aromatic rings. The second-order valence-corrected chi connectivity index (χ2v) is 5.82. The van der Waals surface area contributed by atoms with Gasteiger partial charge in [-0.3, -0.25) is 4.79 Å². The van der Waals surface area contributed by atoms with Crippen LogP contribution in [-0.4, -0.2) is 35.5 Å². The van der Waals surface area contributed by atoms with Gasteiger partial charge in [-0.15, -0.1) is 0 Å². The quantitative estimate of drug-likeness (QED) is 0.713. The minimum Gasteiger partial charge on any atom is -0.480 e. The third kappa shape index (κ3) is 3.43. The van der Waals surface area contributed by atoms with Crippen LogP contribution in [0.3, 0.4) is 0 Å². The van der Waals surface area contributed by atoms with E-state index in [1.54, 1.807) is 18.2 Å². The van der Waals surface area contributed by atoms with E-state index in [0.717, 1.165) is 0 Å². The van der Waals surface area contributed by atoms with Gasteiger partial charge in [-0.1, -0.05) is 18.2 Å². The zero-order chi connectivity index (χ0) is 14.6. The van der Waals surface area contributed by atoms with Crippen LogP contribution >= 0.6 is 0 Å². The standard InChI is InChI=1S/C12H13N3O4S/c16-12(17)11(6-9-7-13-8-14-9)15-20(18,19)10-4-2-1-3-5-10/h1-5,7-8,11,15H,6H2,(H,13,14)(H,16,17)/t11-/m0/s1. The molecule has 1 aromatic carbocycles. The second kappa shape index (κ2) is 5.85. The van der Waals surface area contributed by atoms with E-state index in [2.05, 4.69) is 14.7 Å². The maximum atomic E-state index is 12.1. The highest BCUT2D eigenvalue weighted by molar-refractivity contribution is 7.89. The fourth-order valence-corrected chi connectivity index (χ4v) is 2.86. The maximum absolute atomic E-state index is 12.1. The average Bonchev–Trinajstić information content (AvgIpc) is 2.91. The lowest BCUT2D eigenvalue weighted by atomic mass is 10.2. The van der Waals surface area contributed by atoms with Crippen LogP contribution in [0.4, 0.5) is 0 Å². The van der Waals surface area contributed by atoms with E-state index >= 15 is 0 Å². The Balaban J connectivity index is 2.18. The van der Waals surface area contributed by atoms with Crippen LogP contribution < -0.4 is 4.72 Å². The summed E-state index contributed by atoms with van der Waals surface area (Å²) >= 11 is 0. The third-order valence-electron chi connectivity index (χ3n) is 2.63. The van der Waals surface area contributed by atoms with E-state index in [1.807, 2.05) is 0 Å². The second-order valence-electron chi connectivity index (χ2n) is 4.11. The van der Waals surface area contributed by atoms with Crippen molar-refractivity contribution in [3.63, 3.8) is 0 Å². The van der Waals surface area contributed by atoms with Crippen LogP contribution in [0.5, 0.6) is 0 Å². The monoisotopic (exact) mass is 295 g/mol. The van der Waals surface area contributed by atoms with Crippen molar-refractivity contribution in [1.29, 1.82) is 0 Å². The van der Waals surface area contributed by atoms with Gasteiger partial charge in [0.05, 0.1) is 11.2 Å². The summed E-state index contributed by atoms with van der Waals surface area (Å²) in [5.41, 5.74) is 0.535. The van der Waals surface area contributed by atoms with E-state index in [-0.39, 0.29) is 11.3 Å². The molecule has 1 heterocycles. The van der Waals surface area contributed by atoms with Gasteiger partial charge in [0.2, 0.25) is 10.0 Å². The van der Waals surface area contributed by atoms with Crippen molar-refractivity contribution < 1.29 is 18.3 Å². The van der Waals surface area contributed by atoms with Crippen molar-refractivity contribution >= 4 is 16.0 Å². The van der Waals surface area contributed by atoms with Gasteiger partial charge in [-0.05, 0) is 12.1 Å². The smallest absolute Gasteiger partial charge is 0.322 e. The van der Waals surface area contributed by atoms with Gasteiger partial charge >= 0.3 is 5.97 Å². The highest BCUT2D eigenvalue weighted by atomic mass is 32.2. The number of nitrogens with one attached hydrogen (secondary N) is 2. The van der Waals surface area contributed by atoms with E-state index in [0.29, 0.717) is 5.69 Å². The number of H-pyrrole nitrogens is 1. The molecule has 8 heteroatoms. The summed E-state index contributed by atoms with van der Waals surface area (Å²) in [7, 11) is -3.87. The van der Waals surface area contributed by atoms with Crippen LogP contribution in [0.1, 0.15) is 5.69 Å². The molecule has 2 rings (SSSR count). The molecule has 1 atom stereocenters. The Morgan fingerprint density at radius 1 is 1.35 bits per heavy atom. The molecule has 1 aromatic heterocycles. The zero-order valence-electron chi connectivity index (χ0n) is 10.4. The average molecular weight is 295 g/mol. The molecule has 0 aliphatic rings. The number of sulfonamides is 1. The number of carboxylic acid groups (broad SMARTS) is 1. The molecule has 0 fully saturated rings. The van der Waals surface area contributed by atoms with Crippen LogP contribution in [0, 0.1) is 0 Å². The van der Waals surface area contributed by atoms with Gasteiger partial charge in [0, 0.05) is 18.3 Å². The number of hydrogen-bond donors (Lipinski definition) is 3. The van der Waals surface area contributed by atoms with Gasteiger partial charge in [-0.2, -0.15) is 4.72 Å². The van der Waals surface area contributed by atoms with Crippen molar-refractivity contribution in [2.24, 2.45) is 0 Å². The van der Waals surface area contributed by atoms with Gasteiger partial charge in [0.25, 0.3) is 0 Å². The molecule has 0 aliphatic carbocycles. The number of aromatic nitrogens is 2. The third-order valence-corrected chi connectivity index (χ3v) is 4.12. The molecule has 3 N–H and O–H groups in total. The number of nitrogens with zero attached hydrogens (tertiary/aromatic N) is 1. The Morgan fingerprint density at radius 2 is 2.05 bits per heavy atom. The lowest BCUT2D eigenvalue weighted by Gasteiger charge is -2.14. The summed E-state index contributed by atoms with van der Waals surface area (Å²) < 4.78 is 26.3. The highest BCUT2D eigenvalue weighted by Crippen LogP contribution is 2.09. The molecule has 0 unspecified atom stereocenters. The molecule has 20 heavy (non-hydrogen) atoms. The van der Waals surface area contributed by atoms with Gasteiger partial charge in [0.1, 0.15) is 6.04 Å². The Hall–Kier alpha value is -2.19. The summed E-state index contributed by atoms with van der Waals surface area (Å²) in [4.78, 5) is 17.7. The largest absolute Gasteiger partial charge is 0.480 e. The summed E-state index contributed by atoms with van der Waals surface area (Å²) in [5.74, 6) is -1.25. The van der Waals surface area contributed by atoms with Crippen molar-refractivity contribution in [1.82, 2.24) is 14.7 Å². The number of aliphatic carboxylic acids is 1. The lowest BCUT2D eigenvalue weighted by Crippen LogP contribution is -2.42. The van der Waals surface area contributed by atoms with Crippen molar-refractivity contribution in [3.8, 4) is 0 Å². The first-order valence-corrected chi connectivity index (χ1v) is 7.25. The van der Waals surface area contributed by atoms with Crippen LogP contribution in [0.15, 0.2) is 47.8 Å². The Kier molecular flexibility index (Phi) is 4.16. The number of benzene rings is 1. The fraction of sp³-hybridized carbons (Fsp3) is 0.167. The number of rotatable bonds is 6. The van der Waals surface area contributed by atoms with E-state index in [1.165, 1.54) is 24.7 Å². The minimum absolute atomic E-state index is 0.0125. The SMILES string of the molecule is O=C(O)[C@H](Cc1cnc[nH]1)NS(=O)(=O)c1ccccc1. The number of aromatic amines is 1. The Bertz CT molecular complexity index is 668. The molecule has 0 bridgehead atoms. The van der Waals surface area contributed by atoms with E-state index < -0.39 is 22.0 Å². The molecular weight excluding hydrogens is 282 g/mol. The molecule has 0 radical (unpaired) electrons. The first kappa shape index (κ1) is 14.2. The van der Waals surface area contributed by atoms with E-state index in [9.17, 15) is 13.2 Å². The summed E-state index contributed by atoms with van der Waals surface area (Å²) in [5, 5.41) is 9.12. The van der Waals surface area contributed by atoms with Gasteiger partial charge < -0.3 is 10.1 Å². The highest BCUT2D eigenvalue weighted by Gasteiger charge is 2.25. The molecule has 7 nitrogen and oxygen atoms in total. The van der Waals surface area contributed by atoms with Crippen molar-refractivity contribution in [3.05, 3.63) is 48.5 Å². The van der Waals surface area contributed by atoms with Crippen molar-refractivity contribution in [2.75, 3.05) is 0 Å². The summed E-state index contributed by atoms with van der Waals surface area (Å²) in [6, 6.07) is 6.35. The number of carbonyl (C=O) groups is 1. The predicted molar refractivity (Wildman–Crippen MR) is 70.5 cm³/mol. The minimum atomic E-state index is -3.87.